The van der Waals surface area contributed by atoms with Crippen molar-refractivity contribution in [2.24, 2.45) is 0 Å². The van der Waals surface area contributed by atoms with E-state index in [1.54, 1.807) is 11.3 Å². The molecule has 0 saturated heterocycles. The molecule has 0 atom stereocenters. The van der Waals surface area contributed by atoms with Gasteiger partial charge in [0, 0.05) is 11.1 Å². The molecular formula is C14H12N2O2S. The molecule has 3 aromatic rings. The molecular weight excluding hydrogens is 260 g/mol. The van der Waals surface area contributed by atoms with E-state index < -0.39 is 5.97 Å². The lowest BCUT2D eigenvalue weighted by Crippen LogP contribution is -1.98. The minimum absolute atomic E-state index is 0.110. The van der Waals surface area contributed by atoms with Crippen LogP contribution in [0.5, 0.6) is 0 Å². The van der Waals surface area contributed by atoms with E-state index in [4.69, 9.17) is 0 Å². The zero-order chi connectivity index (χ0) is 13.6. The molecule has 0 saturated carbocycles. The number of hydrogen-bond donors (Lipinski definition) is 1. The summed E-state index contributed by atoms with van der Waals surface area (Å²) in [6, 6.07) is 7.78. The van der Waals surface area contributed by atoms with Crippen LogP contribution in [0, 0.1) is 13.8 Å². The van der Waals surface area contributed by atoms with Crippen LogP contribution in [0.1, 0.15) is 20.9 Å². The minimum atomic E-state index is -0.994. The second-order valence-electron chi connectivity index (χ2n) is 4.41. The molecule has 0 aliphatic rings. The SMILES string of the molecule is Cc1ccc(-c2nc(C(=O)O)c3c(C)cccn23)s1. The maximum Gasteiger partial charge on any atom is 0.356 e. The maximum absolute atomic E-state index is 11.3. The molecule has 96 valence electrons. The predicted octanol–water partition coefficient (Wildman–Crippen LogP) is 3.38. The standard InChI is InChI=1S/C14H12N2O2S/c1-8-4-3-7-16-12(8)11(14(17)18)15-13(16)10-6-5-9(2)19-10/h3-7H,1-2H3,(H,17,18). The summed E-state index contributed by atoms with van der Waals surface area (Å²) in [6.45, 7) is 3.92. The Balaban J connectivity index is 2.38. The third-order valence-corrected chi connectivity index (χ3v) is 4.03. The van der Waals surface area contributed by atoms with Crippen LogP contribution < -0.4 is 0 Å². The minimum Gasteiger partial charge on any atom is -0.476 e. The van der Waals surface area contributed by atoms with Gasteiger partial charge in [0.15, 0.2) is 11.5 Å². The van der Waals surface area contributed by atoms with E-state index in [9.17, 15) is 9.90 Å². The average molecular weight is 272 g/mol. The summed E-state index contributed by atoms with van der Waals surface area (Å²) in [7, 11) is 0. The smallest absolute Gasteiger partial charge is 0.356 e. The number of carboxylic acid groups (broad SMARTS) is 1. The molecule has 3 heterocycles. The van der Waals surface area contributed by atoms with Gasteiger partial charge in [0.05, 0.1) is 10.4 Å². The van der Waals surface area contributed by atoms with E-state index in [0.717, 1.165) is 10.4 Å². The number of thiophene rings is 1. The lowest BCUT2D eigenvalue weighted by molar-refractivity contribution is 0.0693. The number of imidazole rings is 1. The van der Waals surface area contributed by atoms with Crippen LogP contribution in [0.2, 0.25) is 0 Å². The first-order valence-electron chi connectivity index (χ1n) is 5.85. The van der Waals surface area contributed by atoms with E-state index >= 15 is 0 Å². The Bertz CT molecular complexity index is 786. The lowest BCUT2D eigenvalue weighted by Gasteiger charge is -2.00. The number of pyridine rings is 1. The van der Waals surface area contributed by atoms with Crippen LogP contribution in [0.25, 0.3) is 16.2 Å². The normalized spacial score (nSPS) is 11.1. The van der Waals surface area contributed by atoms with Gasteiger partial charge in [-0.25, -0.2) is 9.78 Å². The topological polar surface area (TPSA) is 54.6 Å². The van der Waals surface area contributed by atoms with E-state index in [0.29, 0.717) is 11.3 Å². The molecule has 0 unspecified atom stereocenters. The first-order valence-corrected chi connectivity index (χ1v) is 6.67. The zero-order valence-corrected chi connectivity index (χ0v) is 11.4. The highest BCUT2D eigenvalue weighted by atomic mass is 32.1. The zero-order valence-electron chi connectivity index (χ0n) is 10.5. The Kier molecular flexibility index (Phi) is 2.64. The Morgan fingerprint density at radius 3 is 2.74 bits per heavy atom. The van der Waals surface area contributed by atoms with Crippen molar-refractivity contribution < 1.29 is 9.90 Å². The molecule has 0 aromatic carbocycles. The second kappa shape index (κ2) is 4.20. The number of fused-ring (bicyclic) bond motifs is 1. The van der Waals surface area contributed by atoms with Crippen molar-refractivity contribution in [1.29, 1.82) is 0 Å². The van der Waals surface area contributed by atoms with Gasteiger partial charge in [-0.3, -0.25) is 4.40 Å². The Hall–Kier alpha value is -2.14. The molecule has 1 N–H and O–H groups in total. The molecule has 0 aliphatic heterocycles. The van der Waals surface area contributed by atoms with Crippen molar-refractivity contribution in [1.82, 2.24) is 9.38 Å². The van der Waals surface area contributed by atoms with Crippen molar-refractivity contribution in [2.45, 2.75) is 13.8 Å². The van der Waals surface area contributed by atoms with Gasteiger partial charge in [0.2, 0.25) is 0 Å². The molecule has 3 rings (SSSR count). The highest BCUT2D eigenvalue weighted by Crippen LogP contribution is 2.29. The van der Waals surface area contributed by atoms with Gasteiger partial charge in [0.25, 0.3) is 0 Å². The highest BCUT2D eigenvalue weighted by molar-refractivity contribution is 7.15. The molecule has 5 heteroatoms. The third kappa shape index (κ3) is 1.82. The van der Waals surface area contributed by atoms with Crippen LogP contribution >= 0.6 is 11.3 Å². The lowest BCUT2D eigenvalue weighted by atomic mass is 10.2. The molecule has 0 bridgehead atoms. The van der Waals surface area contributed by atoms with Gasteiger partial charge >= 0.3 is 5.97 Å². The number of rotatable bonds is 2. The van der Waals surface area contributed by atoms with Crippen LogP contribution in [0.3, 0.4) is 0 Å². The molecule has 0 aliphatic carbocycles. The third-order valence-electron chi connectivity index (χ3n) is 3.03. The van der Waals surface area contributed by atoms with Crippen LogP contribution in [-0.2, 0) is 0 Å². The summed E-state index contributed by atoms with van der Waals surface area (Å²) in [5.74, 6) is -0.305. The maximum atomic E-state index is 11.3. The fourth-order valence-corrected chi connectivity index (χ4v) is 3.04. The molecule has 4 nitrogen and oxygen atoms in total. The van der Waals surface area contributed by atoms with Gasteiger partial charge in [0.1, 0.15) is 0 Å². The van der Waals surface area contributed by atoms with Gasteiger partial charge in [-0.05, 0) is 37.6 Å². The molecule has 3 aromatic heterocycles. The van der Waals surface area contributed by atoms with E-state index in [2.05, 4.69) is 4.98 Å². The summed E-state index contributed by atoms with van der Waals surface area (Å²) < 4.78 is 1.85. The van der Waals surface area contributed by atoms with Crippen molar-refractivity contribution in [3.8, 4) is 10.7 Å². The highest BCUT2D eigenvalue weighted by Gasteiger charge is 2.19. The summed E-state index contributed by atoms with van der Waals surface area (Å²) in [5.41, 5.74) is 1.68. The van der Waals surface area contributed by atoms with Crippen molar-refractivity contribution >= 4 is 22.8 Å². The number of aromatic nitrogens is 2. The quantitative estimate of drug-likeness (QED) is 0.778. The molecule has 19 heavy (non-hydrogen) atoms. The Morgan fingerprint density at radius 1 is 1.32 bits per heavy atom. The summed E-state index contributed by atoms with van der Waals surface area (Å²) >= 11 is 1.61. The summed E-state index contributed by atoms with van der Waals surface area (Å²) in [5, 5.41) is 9.30. The molecule has 0 spiro atoms. The van der Waals surface area contributed by atoms with Gasteiger partial charge in [-0.1, -0.05) is 6.07 Å². The van der Waals surface area contributed by atoms with E-state index in [-0.39, 0.29) is 5.69 Å². The number of carboxylic acids is 1. The monoisotopic (exact) mass is 272 g/mol. The largest absolute Gasteiger partial charge is 0.476 e. The second-order valence-corrected chi connectivity index (χ2v) is 5.70. The van der Waals surface area contributed by atoms with Crippen molar-refractivity contribution in [3.05, 3.63) is 46.6 Å². The number of hydrogen-bond acceptors (Lipinski definition) is 3. The van der Waals surface area contributed by atoms with Crippen LogP contribution in [0.4, 0.5) is 0 Å². The fraction of sp³-hybridized carbons (Fsp3) is 0.143. The summed E-state index contributed by atoms with van der Waals surface area (Å²) in [4.78, 5) is 17.8. The van der Waals surface area contributed by atoms with Gasteiger partial charge < -0.3 is 5.11 Å². The van der Waals surface area contributed by atoms with Crippen LogP contribution in [-0.4, -0.2) is 20.5 Å². The molecule has 0 amide bonds. The number of nitrogens with zero attached hydrogens (tertiary/aromatic N) is 2. The number of aromatic carboxylic acids is 1. The van der Waals surface area contributed by atoms with Crippen molar-refractivity contribution in [3.63, 3.8) is 0 Å². The van der Waals surface area contributed by atoms with Crippen molar-refractivity contribution in [2.75, 3.05) is 0 Å². The fourth-order valence-electron chi connectivity index (χ4n) is 2.18. The Labute approximate surface area is 114 Å². The first-order chi connectivity index (χ1) is 9.08. The Morgan fingerprint density at radius 2 is 2.11 bits per heavy atom. The van der Waals surface area contributed by atoms with Crippen LogP contribution in [0.15, 0.2) is 30.5 Å². The van der Waals surface area contributed by atoms with Gasteiger partial charge in [-0.2, -0.15) is 0 Å². The first kappa shape index (κ1) is 11.9. The number of aryl methyl sites for hydroxylation is 2. The molecule has 0 radical (unpaired) electrons. The van der Waals surface area contributed by atoms with Gasteiger partial charge in [-0.15, -0.1) is 11.3 Å². The summed E-state index contributed by atoms with van der Waals surface area (Å²) in [6.07, 6.45) is 1.85. The van der Waals surface area contributed by atoms with E-state index in [1.807, 2.05) is 48.7 Å². The van der Waals surface area contributed by atoms with E-state index in [1.165, 1.54) is 4.88 Å². The average Bonchev–Trinajstić information content (AvgIpc) is 2.93. The molecule has 0 fully saturated rings. The number of carbonyl (C=O) groups is 1. The predicted molar refractivity (Wildman–Crippen MR) is 74.9 cm³/mol.